The topological polar surface area (TPSA) is 62.2 Å². The average molecular weight is 272 g/mol. The minimum absolute atomic E-state index is 0.106. The van der Waals surface area contributed by atoms with Crippen molar-refractivity contribution in [3.63, 3.8) is 0 Å². The van der Waals surface area contributed by atoms with E-state index in [1.165, 1.54) is 0 Å². The fraction of sp³-hybridized carbons (Fsp3) is 0.500. The van der Waals surface area contributed by atoms with E-state index >= 15 is 0 Å². The van der Waals surface area contributed by atoms with Crippen LogP contribution in [0.5, 0.6) is 0 Å². The first kappa shape index (κ1) is 14.5. The molecule has 0 spiro atoms. The maximum Gasteiger partial charge on any atom is 0.253 e. The largest absolute Gasteiger partial charge is 0.384 e. The maximum atomic E-state index is 12.3. The average Bonchev–Trinajstić information content (AvgIpc) is 2.76. The fourth-order valence-electron chi connectivity index (χ4n) is 2.61. The van der Waals surface area contributed by atoms with E-state index in [2.05, 4.69) is 36.0 Å². The van der Waals surface area contributed by atoms with Crippen LogP contribution in [-0.2, 0) is 0 Å². The smallest absolute Gasteiger partial charge is 0.253 e. The van der Waals surface area contributed by atoms with Crippen LogP contribution in [-0.4, -0.2) is 28.6 Å². The predicted molar refractivity (Wildman–Crippen MR) is 77.1 cm³/mol. The summed E-state index contributed by atoms with van der Waals surface area (Å²) in [5.74, 6) is 5.20. The Kier molecular flexibility index (Phi) is 4.41. The lowest BCUT2D eigenvalue weighted by Gasteiger charge is -2.27. The van der Waals surface area contributed by atoms with E-state index in [1.54, 1.807) is 18.5 Å². The van der Waals surface area contributed by atoms with Gasteiger partial charge in [-0.15, -0.1) is 0 Å². The van der Waals surface area contributed by atoms with Gasteiger partial charge in [0.15, 0.2) is 0 Å². The van der Waals surface area contributed by atoms with Gasteiger partial charge in [-0.05, 0) is 24.3 Å². The van der Waals surface area contributed by atoms with Crippen LogP contribution >= 0.6 is 0 Å². The third-order valence-corrected chi connectivity index (χ3v) is 3.87. The van der Waals surface area contributed by atoms with Crippen LogP contribution < -0.4 is 5.32 Å². The first-order valence-corrected chi connectivity index (χ1v) is 6.88. The third kappa shape index (κ3) is 3.37. The van der Waals surface area contributed by atoms with Crippen LogP contribution in [0.3, 0.4) is 0 Å². The van der Waals surface area contributed by atoms with Gasteiger partial charge in [0.1, 0.15) is 6.61 Å². The van der Waals surface area contributed by atoms with Gasteiger partial charge in [-0.2, -0.15) is 0 Å². The van der Waals surface area contributed by atoms with E-state index in [1.807, 2.05) is 0 Å². The van der Waals surface area contributed by atoms with Crippen molar-refractivity contribution in [3.05, 3.63) is 29.6 Å². The summed E-state index contributed by atoms with van der Waals surface area (Å²) in [5.41, 5.74) is 1.30. The molecular formula is C16H20N2O2. The molecule has 4 nitrogen and oxygen atoms in total. The second kappa shape index (κ2) is 6.06. The molecule has 0 saturated heterocycles. The van der Waals surface area contributed by atoms with Crippen molar-refractivity contribution >= 4 is 5.91 Å². The lowest BCUT2D eigenvalue weighted by atomic mass is 9.87. The standard InChI is InChI=1S/C16H20N2O2/c1-16(2)7-3-6-14(16)18-15(20)13-9-12(5-4-8-19)10-17-11-13/h9-11,14,19H,3,6-8H2,1-2H3,(H,18,20). The second-order valence-electron chi connectivity index (χ2n) is 5.83. The highest BCUT2D eigenvalue weighted by molar-refractivity contribution is 5.94. The first-order valence-electron chi connectivity index (χ1n) is 6.88. The number of rotatable bonds is 2. The molecule has 1 aliphatic rings. The molecule has 2 rings (SSSR count). The van der Waals surface area contributed by atoms with Gasteiger partial charge < -0.3 is 10.4 Å². The van der Waals surface area contributed by atoms with Gasteiger partial charge in [0.25, 0.3) is 5.91 Å². The van der Waals surface area contributed by atoms with Gasteiger partial charge in [-0.25, -0.2) is 0 Å². The zero-order valence-corrected chi connectivity index (χ0v) is 11.9. The summed E-state index contributed by atoms with van der Waals surface area (Å²) >= 11 is 0. The van der Waals surface area contributed by atoms with E-state index in [-0.39, 0.29) is 24.0 Å². The molecule has 0 aromatic carbocycles. The molecule has 1 atom stereocenters. The van der Waals surface area contributed by atoms with Gasteiger partial charge in [0.05, 0.1) is 5.56 Å². The van der Waals surface area contributed by atoms with E-state index in [0.717, 1.165) is 19.3 Å². The van der Waals surface area contributed by atoms with Crippen molar-refractivity contribution < 1.29 is 9.90 Å². The lowest BCUT2D eigenvalue weighted by molar-refractivity contribution is 0.0909. The summed E-state index contributed by atoms with van der Waals surface area (Å²) in [6.07, 6.45) is 6.44. The predicted octanol–water partition coefficient (Wildman–Crippen LogP) is 1.73. The number of aliphatic hydroxyl groups is 1. The molecule has 0 bridgehead atoms. The summed E-state index contributed by atoms with van der Waals surface area (Å²) in [5, 5.41) is 11.8. The number of aromatic nitrogens is 1. The van der Waals surface area contributed by atoms with E-state index < -0.39 is 0 Å². The molecule has 2 N–H and O–H groups in total. The Morgan fingerprint density at radius 2 is 2.35 bits per heavy atom. The Morgan fingerprint density at radius 3 is 3.00 bits per heavy atom. The highest BCUT2D eigenvalue weighted by Gasteiger charge is 2.35. The van der Waals surface area contributed by atoms with Crippen LogP contribution in [0, 0.1) is 17.3 Å². The maximum absolute atomic E-state index is 12.3. The Morgan fingerprint density at radius 1 is 1.55 bits per heavy atom. The van der Waals surface area contributed by atoms with Crippen molar-refractivity contribution in [1.82, 2.24) is 10.3 Å². The summed E-state index contributed by atoms with van der Waals surface area (Å²) in [6, 6.07) is 1.91. The Bertz CT molecular complexity index is 555. The van der Waals surface area contributed by atoms with Gasteiger partial charge in [-0.3, -0.25) is 9.78 Å². The molecule has 1 saturated carbocycles. The van der Waals surface area contributed by atoms with E-state index in [9.17, 15) is 4.79 Å². The number of hydrogen-bond donors (Lipinski definition) is 2. The summed E-state index contributed by atoms with van der Waals surface area (Å²) in [7, 11) is 0. The van der Waals surface area contributed by atoms with E-state index in [0.29, 0.717) is 11.1 Å². The number of pyridine rings is 1. The SMILES string of the molecule is CC1(C)CCCC1NC(=O)c1cncc(C#CCO)c1. The molecule has 1 aromatic heterocycles. The Hall–Kier alpha value is -1.86. The normalized spacial score (nSPS) is 20.1. The van der Waals surface area contributed by atoms with E-state index in [4.69, 9.17) is 5.11 Å². The summed E-state index contributed by atoms with van der Waals surface area (Å²) in [6.45, 7) is 4.17. The van der Waals surface area contributed by atoms with Crippen molar-refractivity contribution in [2.24, 2.45) is 5.41 Å². The van der Waals surface area contributed by atoms with Crippen LogP contribution in [0.4, 0.5) is 0 Å². The van der Waals surface area contributed by atoms with Gasteiger partial charge in [-0.1, -0.05) is 32.1 Å². The molecule has 20 heavy (non-hydrogen) atoms. The molecule has 0 aliphatic heterocycles. The van der Waals surface area contributed by atoms with Crippen molar-refractivity contribution in [1.29, 1.82) is 0 Å². The Balaban J connectivity index is 2.09. The van der Waals surface area contributed by atoms with Crippen LogP contribution in [0.2, 0.25) is 0 Å². The monoisotopic (exact) mass is 272 g/mol. The molecule has 1 aromatic rings. The lowest BCUT2D eigenvalue weighted by Crippen LogP contribution is -2.41. The van der Waals surface area contributed by atoms with Gasteiger partial charge in [0.2, 0.25) is 0 Å². The number of aliphatic hydroxyl groups excluding tert-OH is 1. The minimum Gasteiger partial charge on any atom is -0.384 e. The minimum atomic E-state index is -0.202. The highest BCUT2D eigenvalue weighted by Crippen LogP contribution is 2.37. The number of carbonyl (C=O) groups excluding carboxylic acids is 1. The first-order chi connectivity index (χ1) is 9.53. The molecule has 1 heterocycles. The van der Waals surface area contributed by atoms with Crippen molar-refractivity contribution in [2.45, 2.75) is 39.2 Å². The second-order valence-corrected chi connectivity index (χ2v) is 5.83. The molecule has 4 heteroatoms. The Labute approximate surface area is 119 Å². The van der Waals surface area contributed by atoms with Crippen LogP contribution in [0.15, 0.2) is 18.5 Å². The highest BCUT2D eigenvalue weighted by atomic mass is 16.2. The van der Waals surface area contributed by atoms with Crippen LogP contribution in [0.25, 0.3) is 0 Å². The molecule has 1 fully saturated rings. The summed E-state index contributed by atoms with van der Waals surface area (Å²) in [4.78, 5) is 16.3. The zero-order chi connectivity index (χ0) is 14.6. The van der Waals surface area contributed by atoms with Crippen molar-refractivity contribution in [3.8, 4) is 11.8 Å². The molecule has 106 valence electrons. The summed E-state index contributed by atoms with van der Waals surface area (Å²) < 4.78 is 0. The molecule has 1 aliphatic carbocycles. The molecule has 1 unspecified atom stereocenters. The number of nitrogens with zero attached hydrogens (tertiary/aromatic N) is 1. The molecular weight excluding hydrogens is 252 g/mol. The number of carbonyl (C=O) groups is 1. The van der Waals surface area contributed by atoms with Crippen LogP contribution in [0.1, 0.15) is 49.0 Å². The quantitative estimate of drug-likeness (QED) is 0.806. The number of hydrogen-bond acceptors (Lipinski definition) is 3. The number of amides is 1. The number of nitrogens with one attached hydrogen (secondary N) is 1. The molecule has 0 radical (unpaired) electrons. The van der Waals surface area contributed by atoms with Crippen molar-refractivity contribution in [2.75, 3.05) is 6.61 Å². The zero-order valence-electron chi connectivity index (χ0n) is 11.9. The molecule has 1 amide bonds. The van der Waals surface area contributed by atoms with Gasteiger partial charge >= 0.3 is 0 Å². The third-order valence-electron chi connectivity index (χ3n) is 3.87. The van der Waals surface area contributed by atoms with Gasteiger partial charge in [0, 0.05) is 24.0 Å². The fourth-order valence-corrected chi connectivity index (χ4v) is 2.61.